The van der Waals surface area contributed by atoms with Gasteiger partial charge in [0.1, 0.15) is 5.75 Å². The predicted molar refractivity (Wildman–Crippen MR) is 94.5 cm³/mol. The Balaban J connectivity index is 3.59. The third-order valence-corrected chi connectivity index (χ3v) is 3.47. The third kappa shape index (κ3) is 4.49. The van der Waals surface area contributed by atoms with Gasteiger partial charge in [0.05, 0.1) is 19.8 Å². The number of allylic oxidation sites excluding steroid dienone is 5. The molecule has 0 bridgehead atoms. The van der Waals surface area contributed by atoms with Gasteiger partial charge in [-0.2, -0.15) is 0 Å². The van der Waals surface area contributed by atoms with E-state index in [4.69, 9.17) is 15.2 Å². The van der Waals surface area contributed by atoms with Gasteiger partial charge in [0.2, 0.25) is 0 Å². The van der Waals surface area contributed by atoms with Crippen molar-refractivity contribution in [1.29, 1.82) is 0 Å². The Morgan fingerprint density at radius 1 is 1.17 bits per heavy atom. The highest BCUT2D eigenvalue weighted by molar-refractivity contribution is 5.97. The Labute approximate surface area is 138 Å². The molecule has 23 heavy (non-hydrogen) atoms. The lowest BCUT2D eigenvalue weighted by Crippen LogP contribution is -2.08. The summed E-state index contributed by atoms with van der Waals surface area (Å²) in [6.45, 7) is 6.07. The van der Waals surface area contributed by atoms with E-state index in [1.54, 1.807) is 13.2 Å². The summed E-state index contributed by atoms with van der Waals surface area (Å²) in [6.07, 6.45) is 9.03. The molecule has 0 saturated heterocycles. The number of nitrogens with two attached hydrogens (primary N) is 1. The molecule has 1 aromatic rings. The van der Waals surface area contributed by atoms with Gasteiger partial charge in [-0.15, -0.1) is 0 Å². The van der Waals surface area contributed by atoms with E-state index in [1.807, 2.05) is 37.3 Å². The SMILES string of the molecule is C\C=C/C=C\C(=C/N)c1cc(C(C)C)c(OC)cc1C(=O)OC. The highest BCUT2D eigenvalue weighted by atomic mass is 16.5. The maximum Gasteiger partial charge on any atom is 0.338 e. The van der Waals surface area contributed by atoms with Crippen molar-refractivity contribution in [1.82, 2.24) is 0 Å². The molecule has 124 valence electrons. The second-order valence-corrected chi connectivity index (χ2v) is 5.29. The molecule has 0 aliphatic rings. The van der Waals surface area contributed by atoms with Crippen molar-refractivity contribution in [2.45, 2.75) is 26.7 Å². The Morgan fingerprint density at radius 2 is 1.87 bits per heavy atom. The standard InChI is InChI=1S/C19H25NO3/c1-6-7-8-9-14(12-20)16-10-15(13(2)3)18(22-4)11-17(16)19(21)23-5/h6-13H,20H2,1-5H3/b7-6-,9-8-,14-12+. The monoisotopic (exact) mass is 315 g/mol. The van der Waals surface area contributed by atoms with Crippen LogP contribution >= 0.6 is 0 Å². The van der Waals surface area contributed by atoms with Gasteiger partial charge >= 0.3 is 5.97 Å². The lowest BCUT2D eigenvalue weighted by atomic mass is 9.92. The molecule has 0 atom stereocenters. The number of benzene rings is 1. The summed E-state index contributed by atoms with van der Waals surface area (Å²) in [7, 11) is 2.95. The molecule has 1 rings (SSSR count). The molecule has 2 N–H and O–H groups in total. The van der Waals surface area contributed by atoms with Crippen LogP contribution in [0.3, 0.4) is 0 Å². The molecule has 4 heteroatoms. The number of hydrogen-bond donors (Lipinski definition) is 1. The van der Waals surface area contributed by atoms with Gasteiger partial charge in [0.25, 0.3) is 0 Å². The maximum absolute atomic E-state index is 12.2. The summed E-state index contributed by atoms with van der Waals surface area (Å²) >= 11 is 0. The minimum atomic E-state index is -0.424. The Bertz CT molecular complexity index is 640. The fourth-order valence-electron chi connectivity index (χ4n) is 2.25. The molecule has 0 spiro atoms. The topological polar surface area (TPSA) is 61.5 Å². The molecular weight excluding hydrogens is 290 g/mol. The van der Waals surface area contributed by atoms with E-state index in [2.05, 4.69) is 13.8 Å². The quantitative estimate of drug-likeness (QED) is 0.636. The first-order valence-corrected chi connectivity index (χ1v) is 7.51. The van der Waals surface area contributed by atoms with E-state index in [9.17, 15) is 4.79 Å². The van der Waals surface area contributed by atoms with E-state index in [0.717, 1.165) is 16.7 Å². The molecule has 0 unspecified atom stereocenters. The molecule has 0 aromatic heterocycles. The molecule has 0 saturated carbocycles. The Morgan fingerprint density at radius 3 is 2.35 bits per heavy atom. The van der Waals surface area contributed by atoms with Crippen LogP contribution in [0, 0.1) is 0 Å². The first kappa shape index (κ1) is 18.6. The van der Waals surface area contributed by atoms with Crippen molar-refractivity contribution < 1.29 is 14.3 Å². The Kier molecular flexibility index (Phi) is 7.13. The normalized spacial score (nSPS) is 12.3. The van der Waals surface area contributed by atoms with Crippen LogP contribution in [-0.2, 0) is 4.74 Å². The molecule has 0 radical (unpaired) electrons. The zero-order valence-electron chi connectivity index (χ0n) is 14.4. The lowest BCUT2D eigenvalue weighted by molar-refractivity contribution is 0.0600. The van der Waals surface area contributed by atoms with Gasteiger partial charge in [-0.1, -0.05) is 38.2 Å². The summed E-state index contributed by atoms with van der Waals surface area (Å²) in [4.78, 5) is 12.2. The van der Waals surface area contributed by atoms with Crippen LogP contribution in [-0.4, -0.2) is 20.2 Å². The smallest absolute Gasteiger partial charge is 0.338 e. The molecule has 0 heterocycles. The maximum atomic E-state index is 12.2. The third-order valence-electron chi connectivity index (χ3n) is 3.47. The van der Waals surface area contributed by atoms with Crippen LogP contribution in [0.4, 0.5) is 0 Å². The summed E-state index contributed by atoms with van der Waals surface area (Å²) < 4.78 is 10.3. The number of carbonyl (C=O) groups is 1. The predicted octanol–water partition coefficient (Wildman–Crippen LogP) is 4.04. The largest absolute Gasteiger partial charge is 0.496 e. The molecule has 0 aliphatic carbocycles. The van der Waals surface area contributed by atoms with Crippen molar-refractivity contribution in [3.8, 4) is 5.75 Å². The van der Waals surface area contributed by atoms with Crippen LogP contribution in [0.1, 0.15) is 48.2 Å². The fraction of sp³-hybridized carbons (Fsp3) is 0.316. The molecule has 0 fully saturated rings. The molecule has 0 amide bonds. The first-order chi connectivity index (χ1) is 11.0. The van der Waals surface area contributed by atoms with Crippen LogP contribution < -0.4 is 10.5 Å². The summed E-state index contributed by atoms with van der Waals surface area (Å²) in [5, 5.41) is 0. The zero-order valence-corrected chi connectivity index (χ0v) is 14.4. The second-order valence-electron chi connectivity index (χ2n) is 5.29. The van der Waals surface area contributed by atoms with Gasteiger partial charge in [0, 0.05) is 6.20 Å². The summed E-state index contributed by atoms with van der Waals surface area (Å²) in [6, 6.07) is 3.65. The van der Waals surface area contributed by atoms with Crippen molar-refractivity contribution in [3.63, 3.8) is 0 Å². The van der Waals surface area contributed by atoms with Gasteiger partial charge in [-0.25, -0.2) is 4.79 Å². The highest BCUT2D eigenvalue weighted by Crippen LogP contribution is 2.33. The minimum absolute atomic E-state index is 0.244. The van der Waals surface area contributed by atoms with Crippen molar-refractivity contribution in [3.05, 3.63) is 59.3 Å². The average Bonchev–Trinajstić information content (AvgIpc) is 2.57. The number of hydrogen-bond acceptors (Lipinski definition) is 4. The van der Waals surface area contributed by atoms with Gasteiger partial charge < -0.3 is 15.2 Å². The van der Waals surface area contributed by atoms with Gasteiger partial charge in [0.15, 0.2) is 0 Å². The average molecular weight is 315 g/mol. The lowest BCUT2D eigenvalue weighted by Gasteiger charge is -2.17. The van der Waals surface area contributed by atoms with Crippen LogP contribution in [0.25, 0.3) is 5.57 Å². The zero-order chi connectivity index (χ0) is 17.4. The van der Waals surface area contributed by atoms with Gasteiger partial charge in [-0.05, 0) is 41.7 Å². The highest BCUT2D eigenvalue weighted by Gasteiger charge is 2.19. The summed E-state index contributed by atoms with van der Waals surface area (Å²) in [5.41, 5.74) is 8.68. The van der Waals surface area contributed by atoms with Crippen molar-refractivity contribution in [2.24, 2.45) is 5.73 Å². The molecule has 0 aliphatic heterocycles. The molecular formula is C19H25NO3. The number of ether oxygens (including phenoxy) is 2. The van der Waals surface area contributed by atoms with E-state index < -0.39 is 5.97 Å². The first-order valence-electron chi connectivity index (χ1n) is 7.51. The number of carbonyl (C=O) groups excluding carboxylic acids is 1. The molecule has 4 nitrogen and oxygen atoms in total. The van der Waals surface area contributed by atoms with E-state index >= 15 is 0 Å². The fourth-order valence-corrected chi connectivity index (χ4v) is 2.25. The summed E-state index contributed by atoms with van der Waals surface area (Å²) in [5.74, 6) is 0.485. The van der Waals surface area contributed by atoms with E-state index in [1.165, 1.54) is 13.3 Å². The van der Waals surface area contributed by atoms with Crippen LogP contribution in [0.5, 0.6) is 5.75 Å². The van der Waals surface area contributed by atoms with Crippen molar-refractivity contribution in [2.75, 3.05) is 14.2 Å². The Hall–Kier alpha value is -2.49. The van der Waals surface area contributed by atoms with Crippen molar-refractivity contribution >= 4 is 11.5 Å². The van der Waals surface area contributed by atoms with E-state index in [-0.39, 0.29) is 5.92 Å². The minimum Gasteiger partial charge on any atom is -0.496 e. The number of rotatable bonds is 6. The van der Waals surface area contributed by atoms with Crippen LogP contribution in [0.2, 0.25) is 0 Å². The van der Waals surface area contributed by atoms with Crippen LogP contribution in [0.15, 0.2) is 42.6 Å². The number of methoxy groups -OCH3 is 2. The van der Waals surface area contributed by atoms with E-state index in [0.29, 0.717) is 11.3 Å². The second kappa shape index (κ2) is 8.83. The molecule has 1 aromatic carbocycles. The van der Waals surface area contributed by atoms with Gasteiger partial charge in [-0.3, -0.25) is 0 Å². The number of esters is 1.